The highest BCUT2D eigenvalue weighted by atomic mass is 35.5. The number of aromatic nitrogens is 2. The van der Waals surface area contributed by atoms with Crippen LogP contribution in [0.1, 0.15) is 19.2 Å². The minimum atomic E-state index is -0.372. The highest BCUT2D eigenvalue weighted by molar-refractivity contribution is 6.30. The molecule has 1 aromatic heterocycles. The van der Waals surface area contributed by atoms with Crippen molar-refractivity contribution in [2.75, 3.05) is 0 Å². The number of nitrogens with zero attached hydrogens (tertiary/aromatic N) is 2. The Labute approximate surface area is 120 Å². The second-order valence-corrected chi connectivity index (χ2v) is 4.61. The van der Waals surface area contributed by atoms with Gasteiger partial charge >= 0.3 is 0 Å². The van der Waals surface area contributed by atoms with Crippen molar-refractivity contribution in [2.24, 2.45) is 0 Å². The molecule has 20 heavy (non-hydrogen) atoms. The first kappa shape index (κ1) is 14.2. The van der Waals surface area contributed by atoms with Gasteiger partial charge in [-0.2, -0.15) is 4.98 Å². The summed E-state index contributed by atoms with van der Waals surface area (Å²) in [4.78, 5) is 26.2. The maximum Gasteiger partial charge on any atom is 0.246 e. The van der Waals surface area contributed by atoms with Gasteiger partial charge in [-0.3, -0.25) is 9.59 Å². The molecule has 6 nitrogen and oxygen atoms in total. The molecule has 0 atom stereocenters. The molecule has 0 radical (unpaired) electrons. The molecular formula is C13H12ClN3O3. The first-order valence-corrected chi connectivity index (χ1v) is 6.27. The van der Waals surface area contributed by atoms with Crippen molar-refractivity contribution in [3.63, 3.8) is 0 Å². The summed E-state index contributed by atoms with van der Waals surface area (Å²) in [7, 11) is 0. The topological polar surface area (TPSA) is 85.1 Å². The average molecular weight is 294 g/mol. The predicted molar refractivity (Wildman–Crippen MR) is 71.9 cm³/mol. The first-order chi connectivity index (χ1) is 9.54. The summed E-state index contributed by atoms with van der Waals surface area (Å²) in [6, 6.07) is 6.99. The largest absolute Gasteiger partial charge is 0.347 e. The van der Waals surface area contributed by atoms with Crippen LogP contribution in [0.5, 0.6) is 0 Å². The number of halogens is 1. The van der Waals surface area contributed by atoms with Crippen molar-refractivity contribution in [2.45, 2.75) is 19.9 Å². The van der Waals surface area contributed by atoms with E-state index in [0.29, 0.717) is 10.8 Å². The van der Waals surface area contributed by atoms with Crippen molar-refractivity contribution < 1.29 is 14.1 Å². The van der Waals surface area contributed by atoms with E-state index < -0.39 is 0 Å². The fourth-order valence-electron chi connectivity index (χ4n) is 1.51. The zero-order valence-electron chi connectivity index (χ0n) is 10.7. The quantitative estimate of drug-likeness (QED) is 0.852. The van der Waals surface area contributed by atoms with E-state index in [0.717, 1.165) is 5.56 Å². The Bertz CT molecular complexity index is 622. The van der Waals surface area contributed by atoms with Crippen molar-refractivity contribution in [3.05, 3.63) is 35.2 Å². The lowest BCUT2D eigenvalue weighted by Gasteiger charge is -1.98. The Balaban J connectivity index is 1.97. The van der Waals surface area contributed by atoms with Gasteiger partial charge in [-0.15, -0.1) is 0 Å². The molecule has 0 fully saturated rings. The van der Waals surface area contributed by atoms with Gasteiger partial charge in [-0.05, 0) is 31.2 Å². The number of carbonyl (C=O) groups excluding carboxylic acids is 2. The smallest absolute Gasteiger partial charge is 0.246 e. The molecule has 0 aliphatic carbocycles. The number of hydrogen-bond donors (Lipinski definition) is 1. The van der Waals surface area contributed by atoms with Crippen LogP contribution in [0.4, 0.5) is 0 Å². The number of Topliss-reactive ketones (excluding diaryl/α,β-unsaturated/α-hetero) is 1. The lowest BCUT2D eigenvalue weighted by Crippen LogP contribution is -2.24. The lowest BCUT2D eigenvalue weighted by atomic mass is 10.2. The normalized spacial score (nSPS) is 10.3. The van der Waals surface area contributed by atoms with E-state index in [1.54, 1.807) is 24.3 Å². The molecule has 0 bridgehead atoms. The molecule has 0 saturated carbocycles. The van der Waals surface area contributed by atoms with E-state index in [2.05, 4.69) is 15.5 Å². The number of nitrogens with one attached hydrogen (secondary N) is 1. The van der Waals surface area contributed by atoms with Gasteiger partial charge in [0.1, 0.15) is 5.78 Å². The van der Waals surface area contributed by atoms with E-state index >= 15 is 0 Å². The summed E-state index contributed by atoms with van der Waals surface area (Å²) >= 11 is 5.79. The predicted octanol–water partition coefficient (Wildman–Crippen LogP) is 1.99. The standard InChI is InChI=1S/C13H12ClN3O3/c1-8(18)6-11(19)15-7-12-16-13(17-20-12)9-2-4-10(14)5-3-9/h2-5H,6-7H2,1H3,(H,15,19). The molecule has 1 heterocycles. The van der Waals surface area contributed by atoms with Crippen molar-refractivity contribution >= 4 is 23.3 Å². The fraction of sp³-hybridized carbons (Fsp3) is 0.231. The van der Waals surface area contributed by atoms with Crippen LogP contribution in [0, 0.1) is 0 Å². The van der Waals surface area contributed by atoms with Crippen LogP contribution >= 0.6 is 11.6 Å². The van der Waals surface area contributed by atoms with Crippen molar-refractivity contribution in [1.82, 2.24) is 15.5 Å². The van der Waals surface area contributed by atoms with Crippen LogP contribution in [-0.2, 0) is 16.1 Å². The molecule has 0 unspecified atom stereocenters. The summed E-state index contributed by atoms with van der Waals surface area (Å²) in [5.74, 6) is 0.114. The van der Waals surface area contributed by atoms with E-state index in [1.165, 1.54) is 6.92 Å². The lowest BCUT2D eigenvalue weighted by molar-refractivity contribution is -0.127. The molecule has 1 N–H and O–H groups in total. The molecule has 0 saturated heterocycles. The number of amides is 1. The zero-order chi connectivity index (χ0) is 14.5. The van der Waals surface area contributed by atoms with Gasteiger partial charge in [0, 0.05) is 10.6 Å². The number of hydrogen-bond acceptors (Lipinski definition) is 5. The summed E-state index contributed by atoms with van der Waals surface area (Å²) < 4.78 is 5.01. The Morgan fingerprint density at radius 1 is 1.30 bits per heavy atom. The third kappa shape index (κ3) is 3.89. The number of ketones is 1. The van der Waals surface area contributed by atoms with Crippen LogP contribution in [0.2, 0.25) is 5.02 Å². The SMILES string of the molecule is CC(=O)CC(=O)NCc1nc(-c2ccc(Cl)cc2)no1. The van der Waals surface area contributed by atoms with Gasteiger partial charge in [0.05, 0.1) is 13.0 Å². The second-order valence-electron chi connectivity index (χ2n) is 4.17. The van der Waals surface area contributed by atoms with Gasteiger partial charge in [0.25, 0.3) is 0 Å². The van der Waals surface area contributed by atoms with Crippen LogP contribution in [0.15, 0.2) is 28.8 Å². The van der Waals surface area contributed by atoms with Crippen LogP contribution in [0.25, 0.3) is 11.4 Å². The van der Waals surface area contributed by atoms with Gasteiger partial charge in [-0.1, -0.05) is 16.8 Å². The maximum absolute atomic E-state index is 11.3. The maximum atomic E-state index is 11.3. The Kier molecular flexibility index (Phi) is 4.47. The van der Waals surface area contributed by atoms with Gasteiger partial charge < -0.3 is 9.84 Å². The van der Waals surface area contributed by atoms with Crippen molar-refractivity contribution in [3.8, 4) is 11.4 Å². The molecule has 7 heteroatoms. The monoisotopic (exact) mass is 293 g/mol. The van der Waals surface area contributed by atoms with Crippen LogP contribution < -0.4 is 5.32 Å². The summed E-state index contributed by atoms with van der Waals surface area (Å²) in [5.41, 5.74) is 0.763. The van der Waals surface area contributed by atoms with Crippen LogP contribution in [0.3, 0.4) is 0 Å². The van der Waals surface area contributed by atoms with Crippen LogP contribution in [-0.4, -0.2) is 21.8 Å². The summed E-state index contributed by atoms with van der Waals surface area (Å²) in [5, 5.41) is 6.95. The first-order valence-electron chi connectivity index (χ1n) is 5.89. The Morgan fingerprint density at radius 3 is 2.65 bits per heavy atom. The molecule has 104 valence electrons. The minimum absolute atomic E-state index is 0.0900. The Morgan fingerprint density at radius 2 is 2.00 bits per heavy atom. The zero-order valence-corrected chi connectivity index (χ0v) is 11.5. The number of benzene rings is 1. The fourth-order valence-corrected chi connectivity index (χ4v) is 1.63. The number of carbonyl (C=O) groups is 2. The van der Waals surface area contributed by atoms with E-state index in [4.69, 9.17) is 16.1 Å². The molecule has 0 aliphatic rings. The molecule has 1 amide bonds. The van der Waals surface area contributed by atoms with E-state index in [1.807, 2.05) is 0 Å². The van der Waals surface area contributed by atoms with Gasteiger partial charge in [-0.25, -0.2) is 0 Å². The van der Waals surface area contributed by atoms with Gasteiger partial charge in [0.15, 0.2) is 0 Å². The van der Waals surface area contributed by atoms with Crippen molar-refractivity contribution in [1.29, 1.82) is 0 Å². The second kappa shape index (κ2) is 6.29. The molecular weight excluding hydrogens is 282 g/mol. The third-order valence-corrected chi connectivity index (χ3v) is 2.67. The average Bonchev–Trinajstić information content (AvgIpc) is 2.85. The molecule has 0 spiro atoms. The van der Waals surface area contributed by atoms with Gasteiger partial charge in [0.2, 0.25) is 17.6 Å². The minimum Gasteiger partial charge on any atom is -0.347 e. The highest BCUT2D eigenvalue weighted by Gasteiger charge is 2.10. The Hall–Kier alpha value is -2.21. The number of rotatable bonds is 5. The summed E-state index contributed by atoms with van der Waals surface area (Å²) in [6.45, 7) is 1.44. The molecule has 2 rings (SSSR count). The van der Waals surface area contributed by atoms with E-state index in [-0.39, 0.29) is 30.5 Å². The van der Waals surface area contributed by atoms with E-state index in [9.17, 15) is 9.59 Å². The highest BCUT2D eigenvalue weighted by Crippen LogP contribution is 2.18. The molecule has 2 aromatic rings. The molecule has 1 aromatic carbocycles. The molecule has 0 aliphatic heterocycles. The third-order valence-electron chi connectivity index (χ3n) is 2.42. The summed E-state index contributed by atoms with van der Waals surface area (Å²) in [6.07, 6.45) is -0.155.